The van der Waals surface area contributed by atoms with E-state index in [-0.39, 0.29) is 17.5 Å². The first-order valence-electron chi connectivity index (χ1n) is 11.5. The second kappa shape index (κ2) is 8.19. The second-order valence-electron chi connectivity index (χ2n) is 9.24. The number of hydrogen-bond acceptors (Lipinski definition) is 3. The summed E-state index contributed by atoms with van der Waals surface area (Å²) in [6.45, 7) is 6.12. The molecule has 1 atom stereocenters. The molecule has 2 aliphatic rings. The van der Waals surface area contributed by atoms with Gasteiger partial charge in [0.05, 0.1) is 5.56 Å². The van der Waals surface area contributed by atoms with Crippen LogP contribution in [0.25, 0.3) is 11.3 Å². The molecule has 0 bridgehead atoms. The van der Waals surface area contributed by atoms with Crippen LogP contribution in [0.5, 0.6) is 0 Å². The molecule has 5 rings (SSSR count). The number of amides is 1. The van der Waals surface area contributed by atoms with E-state index in [4.69, 9.17) is 0 Å². The van der Waals surface area contributed by atoms with Crippen LogP contribution in [0.15, 0.2) is 42.5 Å². The van der Waals surface area contributed by atoms with Crippen LogP contribution in [0, 0.1) is 6.92 Å². The third kappa shape index (κ3) is 3.64. The average Bonchev–Trinajstić information content (AvgIpc) is 3.11. The van der Waals surface area contributed by atoms with Gasteiger partial charge in [0.2, 0.25) is 0 Å². The van der Waals surface area contributed by atoms with Gasteiger partial charge in [0.25, 0.3) is 5.91 Å². The van der Waals surface area contributed by atoms with Crippen LogP contribution in [-0.4, -0.2) is 39.0 Å². The van der Waals surface area contributed by atoms with Crippen molar-refractivity contribution in [1.29, 1.82) is 0 Å². The molecule has 33 heavy (non-hydrogen) atoms. The minimum atomic E-state index is -0.953. The molecule has 3 aromatic rings. The molecule has 2 aliphatic heterocycles. The van der Waals surface area contributed by atoms with Crippen LogP contribution in [0.2, 0.25) is 0 Å². The normalized spacial score (nSPS) is 17.4. The van der Waals surface area contributed by atoms with E-state index in [1.54, 1.807) is 13.0 Å². The number of carboxylic acids is 1. The zero-order valence-electron chi connectivity index (χ0n) is 19.3. The van der Waals surface area contributed by atoms with E-state index in [9.17, 15) is 14.7 Å². The maximum Gasteiger partial charge on any atom is 0.337 e. The Morgan fingerprint density at radius 3 is 2.52 bits per heavy atom. The van der Waals surface area contributed by atoms with Gasteiger partial charge in [-0.25, -0.2) is 4.79 Å². The Kier molecular flexibility index (Phi) is 5.33. The number of benzene rings is 2. The van der Waals surface area contributed by atoms with Crippen molar-refractivity contribution in [1.82, 2.24) is 14.8 Å². The molecule has 0 fully saturated rings. The quantitative estimate of drug-likeness (QED) is 0.643. The number of carbonyl (C=O) groups excluding carboxylic acids is 1. The fourth-order valence-electron chi connectivity index (χ4n) is 5.20. The molecule has 6 heteroatoms. The van der Waals surface area contributed by atoms with E-state index in [2.05, 4.69) is 36.5 Å². The number of fused-ring (bicyclic) bond motifs is 2. The number of aromatic carboxylic acids is 1. The van der Waals surface area contributed by atoms with Crippen molar-refractivity contribution in [2.24, 2.45) is 7.05 Å². The van der Waals surface area contributed by atoms with Crippen molar-refractivity contribution in [2.45, 2.75) is 45.8 Å². The third-order valence-corrected chi connectivity index (χ3v) is 7.27. The SMILES string of the molecule is Cc1c(C(=O)O)cc(-c2cc3c(cc2C(=O)N2Cc4ccccc4C[C@H]2C)CNCC3)n1C. The monoisotopic (exact) mass is 443 g/mol. The van der Waals surface area contributed by atoms with Gasteiger partial charge in [0, 0.05) is 48.7 Å². The van der Waals surface area contributed by atoms with Gasteiger partial charge in [-0.1, -0.05) is 24.3 Å². The van der Waals surface area contributed by atoms with Crippen LogP contribution >= 0.6 is 0 Å². The highest BCUT2D eigenvalue weighted by Gasteiger charge is 2.31. The van der Waals surface area contributed by atoms with Crippen molar-refractivity contribution in [3.63, 3.8) is 0 Å². The lowest BCUT2D eigenvalue weighted by molar-refractivity contribution is 0.0657. The summed E-state index contributed by atoms with van der Waals surface area (Å²) in [7, 11) is 1.87. The maximum absolute atomic E-state index is 14.0. The van der Waals surface area contributed by atoms with E-state index in [0.29, 0.717) is 17.8 Å². The zero-order valence-corrected chi connectivity index (χ0v) is 19.3. The molecule has 0 spiro atoms. The van der Waals surface area contributed by atoms with Crippen LogP contribution in [0.4, 0.5) is 0 Å². The highest BCUT2D eigenvalue weighted by molar-refractivity contribution is 6.02. The van der Waals surface area contributed by atoms with Crippen molar-refractivity contribution in [2.75, 3.05) is 6.54 Å². The molecule has 6 nitrogen and oxygen atoms in total. The molecule has 3 heterocycles. The van der Waals surface area contributed by atoms with Crippen molar-refractivity contribution in [3.05, 3.63) is 81.5 Å². The van der Waals surface area contributed by atoms with Crippen molar-refractivity contribution >= 4 is 11.9 Å². The lowest BCUT2D eigenvalue weighted by Crippen LogP contribution is -2.43. The van der Waals surface area contributed by atoms with Crippen LogP contribution in [0.1, 0.15) is 55.6 Å². The highest BCUT2D eigenvalue weighted by Crippen LogP contribution is 2.34. The summed E-state index contributed by atoms with van der Waals surface area (Å²) in [6, 6.07) is 14.2. The topological polar surface area (TPSA) is 74.6 Å². The number of nitrogens with one attached hydrogen (secondary N) is 1. The Labute approximate surface area is 193 Å². The van der Waals surface area contributed by atoms with Gasteiger partial charge in [0.15, 0.2) is 0 Å². The van der Waals surface area contributed by atoms with Crippen LogP contribution < -0.4 is 5.32 Å². The van der Waals surface area contributed by atoms with E-state index in [1.807, 2.05) is 28.6 Å². The summed E-state index contributed by atoms with van der Waals surface area (Å²) < 4.78 is 1.89. The van der Waals surface area contributed by atoms with Gasteiger partial charge in [-0.3, -0.25) is 4.79 Å². The number of rotatable bonds is 3. The van der Waals surface area contributed by atoms with Crippen molar-refractivity contribution in [3.8, 4) is 11.3 Å². The highest BCUT2D eigenvalue weighted by atomic mass is 16.4. The predicted molar refractivity (Wildman–Crippen MR) is 127 cm³/mol. The fourth-order valence-corrected chi connectivity index (χ4v) is 5.20. The van der Waals surface area contributed by atoms with Crippen LogP contribution in [-0.2, 0) is 33.0 Å². The Morgan fingerprint density at radius 2 is 1.79 bits per heavy atom. The average molecular weight is 444 g/mol. The Bertz CT molecular complexity index is 1270. The molecule has 0 saturated heterocycles. The predicted octanol–water partition coefficient (Wildman–Crippen LogP) is 3.93. The summed E-state index contributed by atoms with van der Waals surface area (Å²) in [5.41, 5.74) is 8.00. The fraction of sp³-hybridized carbons (Fsp3) is 0.333. The van der Waals surface area contributed by atoms with E-state index >= 15 is 0 Å². The molecule has 170 valence electrons. The molecule has 1 aromatic heterocycles. The first kappa shape index (κ1) is 21.5. The number of carbonyl (C=O) groups is 2. The van der Waals surface area contributed by atoms with Gasteiger partial charge in [-0.05, 0) is 73.7 Å². The number of aromatic nitrogens is 1. The largest absolute Gasteiger partial charge is 0.478 e. The number of hydrogen-bond donors (Lipinski definition) is 2. The summed E-state index contributed by atoms with van der Waals surface area (Å²) >= 11 is 0. The Balaban J connectivity index is 1.64. The summed E-state index contributed by atoms with van der Waals surface area (Å²) in [6.07, 6.45) is 1.72. The summed E-state index contributed by atoms with van der Waals surface area (Å²) in [5.74, 6) is -0.957. The molecule has 1 amide bonds. The van der Waals surface area contributed by atoms with Gasteiger partial charge in [0.1, 0.15) is 0 Å². The molecule has 0 aliphatic carbocycles. The maximum atomic E-state index is 14.0. The van der Waals surface area contributed by atoms with Gasteiger partial charge in [-0.15, -0.1) is 0 Å². The Morgan fingerprint density at radius 1 is 1.03 bits per heavy atom. The number of nitrogens with zero attached hydrogens (tertiary/aromatic N) is 2. The minimum absolute atomic E-state index is 0.00361. The third-order valence-electron chi connectivity index (χ3n) is 7.27. The van der Waals surface area contributed by atoms with Gasteiger partial charge in [-0.2, -0.15) is 0 Å². The summed E-state index contributed by atoms with van der Waals surface area (Å²) in [5, 5.41) is 13.1. The lowest BCUT2D eigenvalue weighted by Gasteiger charge is -2.35. The first-order valence-corrected chi connectivity index (χ1v) is 11.5. The first-order chi connectivity index (χ1) is 15.8. The van der Waals surface area contributed by atoms with E-state index in [1.165, 1.54) is 16.7 Å². The zero-order chi connectivity index (χ0) is 23.3. The minimum Gasteiger partial charge on any atom is -0.478 e. The van der Waals surface area contributed by atoms with Gasteiger partial charge >= 0.3 is 5.97 Å². The second-order valence-corrected chi connectivity index (χ2v) is 9.24. The standard InChI is InChI=1S/C27H29N3O3/c1-16-10-18-6-4-5-7-20(18)15-30(16)26(31)24-12-21-14-28-9-8-19(21)11-23(24)25-13-22(27(32)33)17(2)29(25)3/h4-7,11-13,16,28H,8-10,14-15H2,1-3H3,(H,32,33)/t16-/m1/s1. The molecule has 0 radical (unpaired) electrons. The van der Waals surface area contributed by atoms with Gasteiger partial charge < -0.3 is 19.9 Å². The molecule has 0 unspecified atom stereocenters. The Hall–Kier alpha value is -3.38. The summed E-state index contributed by atoms with van der Waals surface area (Å²) in [4.78, 5) is 27.8. The smallest absolute Gasteiger partial charge is 0.337 e. The van der Waals surface area contributed by atoms with E-state index < -0.39 is 5.97 Å². The van der Waals surface area contributed by atoms with Crippen LogP contribution in [0.3, 0.4) is 0 Å². The number of carboxylic acid groups (broad SMARTS) is 1. The molecular weight excluding hydrogens is 414 g/mol. The molecule has 2 aromatic carbocycles. The molecule has 2 N–H and O–H groups in total. The lowest BCUT2D eigenvalue weighted by atomic mass is 9.90. The van der Waals surface area contributed by atoms with Crippen molar-refractivity contribution < 1.29 is 14.7 Å². The molecule has 0 saturated carbocycles. The van der Waals surface area contributed by atoms with E-state index in [0.717, 1.165) is 42.8 Å². The molecular formula is C27H29N3O3.